The average molecular weight is 315 g/mol. The summed E-state index contributed by atoms with van der Waals surface area (Å²) in [6.45, 7) is 0. The Bertz CT molecular complexity index is 294. The number of alkyl halides is 3. The summed E-state index contributed by atoms with van der Waals surface area (Å²) in [6, 6.07) is 5.77. The van der Waals surface area contributed by atoms with Gasteiger partial charge in [-0.15, -0.1) is 0 Å². The van der Waals surface area contributed by atoms with Crippen LogP contribution in [-0.4, -0.2) is 6.18 Å². The summed E-state index contributed by atoms with van der Waals surface area (Å²) >= 11 is 2.09. The van der Waals surface area contributed by atoms with Gasteiger partial charge >= 0.3 is 6.18 Å². The Morgan fingerprint density at radius 1 is 1.21 bits per heavy atom. The topological polar surface area (TPSA) is 26.0 Å². The SMILES string of the molecule is N[C@H](CC(F)(F)F)c1ccc(I)cc1. The zero-order valence-electron chi connectivity index (χ0n) is 7.18. The van der Waals surface area contributed by atoms with E-state index in [0.29, 0.717) is 5.56 Å². The van der Waals surface area contributed by atoms with Crippen molar-refractivity contribution in [1.29, 1.82) is 0 Å². The molecule has 78 valence electrons. The summed E-state index contributed by atoms with van der Waals surface area (Å²) in [6.07, 6.45) is -5.18. The minimum Gasteiger partial charge on any atom is -0.324 e. The number of rotatable bonds is 2. The summed E-state index contributed by atoms with van der Waals surface area (Å²) in [5.74, 6) is 0. The summed E-state index contributed by atoms with van der Waals surface area (Å²) < 4.78 is 36.9. The van der Waals surface area contributed by atoms with Crippen LogP contribution in [0.4, 0.5) is 13.2 Å². The fourth-order valence-electron chi connectivity index (χ4n) is 1.08. The van der Waals surface area contributed by atoms with E-state index in [1.807, 2.05) is 0 Å². The van der Waals surface area contributed by atoms with Gasteiger partial charge in [-0.25, -0.2) is 0 Å². The minimum atomic E-state index is -4.21. The lowest BCUT2D eigenvalue weighted by atomic mass is 10.1. The van der Waals surface area contributed by atoms with Crippen molar-refractivity contribution in [2.75, 3.05) is 0 Å². The van der Waals surface area contributed by atoms with Crippen molar-refractivity contribution in [3.8, 4) is 0 Å². The Labute approximate surface area is 93.6 Å². The van der Waals surface area contributed by atoms with Crippen LogP contribution in [0.5, 0.6) is 0 Å². The van der Waals surface area contributed by atoms with E-state index in [9.17, 15) is 13.2 Å². The maximum atomic E-state index is 12.0. The molecule has 1 rings (SSSR count). The Kier molecular flexibility index (Phi) is 3.77. The number of benzene rings is 1. The van der Waals surface area contributed by atoms with Gasteiger partial charge < -0.3 is 5.73 Å². The molecule has 0 saturated heterocycles. The monoisotopic (exact) mass is 315 g/mol. The second-order valence-corrected chi connectivity index (χ2v) is 4.22. The maximum absolute atomic E-state index is 12.0. The molecule has 0 unspecified atom stereocenters. The predicted molar refractivity (Wildman–Crippen MR) is 56.8 cm³/mol. The molecule has 0 spiro atoms. The third-order valence-electron chi connectivity index (χ3n) is 1.75. The molecule has 0 radical (unpaired) electrons. The van der Waals surface area contributed by atoms with Crippen molar-refractivity contribution in [1.82, 2.24) is 0 Å². The largest absolute Gasteiger partial charge is 0.390 e. The standard InChI is InChI=1S/C9H9F3IN/c10-9(11,12)5-8(14)6-1-3-7(13)4-2-6/h1-4,8H,5,14H2/t8-/m1/s1. The number of hydrogen-bond acceptors (Lipinski definition) is 1. The average Bonchev–Trinajstić information content (AvgIpc) is 2.02. The van der Waals surface area contributed by atoms with E-state index in [-0.39, 0.29) is 0 Å². The number of nitrogens with two attached hydrogens (primary N) is 1. The first-order chi connectivity index (χ1) is 6.38. The fraction of sp³-hybridized carbons (Fsp3) is 0.333. The van der Waals surface area contributed by atoms with Gasteiger partial charge in [-0.05, 0) is 40.3 Å². The molecular formula is C9H9F3IN. The minimum absolute atomic E-state index is 0.516. The van der Waals surface area contributed by atoms with E-state index in [1.54, 1.807) is 24.3 Å². The van der Waals surface area contributed by atoms with E-state index in [2.05, 4.69) is 22.6 Å². The lowest BCUT2D eigenvalue weighted by molar-refractivity contribution is -0.138. The van der Waals surface area contributed by atoms with Crippen LogP contribution in [0.15, 0.2) is 24.3 Å². The number of halogens is 4. The Balaban J connectivity index is 2.70. The van der Waals surface area contributed by atoms with Crippen LogP contribution in [0.3, 0.4) is 0 Å². The van der Waals surface area contributed by atoms with Crippen LogP contribution in [0.2, 0.25) is 0 Å². The highest BCUT2D eigenvalue weighted by atomic mass is 127. The van der Waals surface area contributed by atoms with Crippen LogP contribution in [0.1, 0.15) is 18.0 Å². The van der Waals surface area contributed by atoms with Crippen LogP contribution in [0.25, 0.3) is 0 Å². The molecule has 5 heteroatoms. The van der Waals surface area contributed by atoms with E-state index in [1.165, 1.54) is 0 Å². The fourth-order valence-corrected chi connectivity index (χ4v) is 1.44. The summed E-state index contributed by atoms with van der Waals surface area (Å²) in [5, 5.41) is 0. The molecule has 0 saturated carbocycles. The molecule has 0 aliphatic heterocycles. The van der Waals surface area contributed by atoms with Crippen LogP contribution >= 0.6 is 22.6 Å². The molecule has 14 heavy (non-hydrogen) atoms. The van der Waals surface area contributed by atoms with Crippen LogP contribution in [0, 0.1) is 3.57 Å². The smallest absolute Gasteiger partial charge is 0.324 e. The molecule has 1 aromatic carbocycles. The van der Waals surface area contributed by atoms with Gasteiger partial charge in [0.1, 0.15) is 0 Å². The molecule has 1 atom stereocenters. The van der Waals surface area contributed by atoms with Crippen molar-refractivity contribution in [2.24, 2.45) is 5.73 Å². The van der Waals surface area contributed by atoms with Gasteiger partial charge in [-0.1, -0.05) is 12.1 Å². The van der Waals surface area contributed by atoms with E-state index < -0.39 is 18.6 Å². The highest BCUT2D eigenvalue weighted by molar-refractivity contribution is 14.1. The Morgan fingerprint density at radius 3 is 2.14 bits per heavy atom. The van der Waals surface area contributed by atoms with Crippen molar-refractivity contribution >= 4 is 22.6 Å². The van der Waals surface area contributed by atoms with E-state index in [4.69, 9.17) is 5.73 Å². The van der Waals surface area contributed by atoms with Crippen molar-refractivity contribution in [2.45, 2.75) is 18.6 Å². The lowest BCUT2D eigenvalue weighted by Crippen LogP contribution is -2.20. The van der Waals surface area contributed by atoms with E-state index >= 15 is 0 Å². The normalized spacial score (nSPS) is 14.1. The van der Waals surface area contributed by atoms with Gasteiger partial charge in [0.2, 0.25) is 0 Å². The highest BCUT2D eigenvalue weighted by Gasteiger charge is 2.30. The quantitative estimate of drug-likeness (QED) is 0.833. The molecule has 0 fully saturated rings. The molecule has 0 amide bonds. The molecule has 1 nitrogen and oxygen atoms in total. The Hall–Kier alpha value is -0.300. The molecule has 0 aliphatic rings. The van der Waals surface area contributed by atoms with Crippen molar-refractivity contribution in [3.63, 3.8) is 0 Å². The van der Waals surface area contributed by atoms with Crippen LogP contribution in [-0.2, 0) is 0 Å². The molecule has 1 aromatic rings. The molecule has 2 N–H and O–H groups in total. The van der Waals surface area contributed by atoms with Gasteiger partial charge in [-0.2, -0.15) is 13.2 Å². The van der Waals surface area contributed by atoms with Gasteiger partial charge in [0, 0.05) is 9.61 Å². The van der Waals surface area contributed by atoms with Crippen molar-refractivity contribution in [3.05, 3.63) is 33.4 Å². The van der Waals surface area contributed by atoms with E-state index in [0.717, 1.165) is 3.57 Å². The Morgan fingerprint density at radius 2 is 1.71 bits per heavy atom. The maximum Gasteiger partial charge on any atom is 0.390 e. The molecule has 0 aliphatic carbocycles. The summed E-state index contributed by atoms with van der Waals surface area (Å²) in [4.78, 5) is 0. The van der Waals surface area contributed by atoms with Gasteiger partial charge in [0.05, 0.1) is 6.42 Å². The third-order valence-corrected chi connectivity index (χ3v) is 2.47. The second kappa shape index (κ2) is 4.48. The third kappa shape index (κ3) is 3.83. The molecule has 0 bridgehead atoms. The van der Waals surface area contributed by atoms with Gasteiger partial charge in [0.25, 0.3) is 0 Å². The lowest BCUT2D eigenvalue weighted by Gasteiger charge is -2.14. The number of hydrogen-bond donors (Lipinski definition) is 1. The summed E-state index contributed by atoms with van der Waals surface area (Å²) in [7, 11) is 0. The van der Waals surface area contributed by atoms with Gasteiger partial charge in [-0.3, -0.25) is 0 Å². The highest BCUT2D eigenvalue weighted by Crippen LogP contribution is 2.27. The zero-order chi connectivity index (χ0) is 10.8. The molecular weight excluding hydrogens is 306 g/mol. The van der Waals surface area contributed by atoms with Crippen molar-refractivity contribution < 1.29 is 13.2 Å². The first-order valence-corrected chi connectivity index (χ1v) is 5.04. The zero-order valence-corrected chi connectivity index (χ0v) is 9.34. The van der Waals surface area contributed by atoms with Crippen LogP contribution < -0.4 is 5.73 Å². The first-order valence-electron chi connectivity index (χ1n) is 3.96. The predicted octanol–water partition coefficient (Wildman–Crippen LogP) is 3.24. The van der Waals surface area contributed by atoms with Gasteiger partial charge in [0.15, 0.2) is 0 Å². The summed E-state index contributed by atoms with van der Waals surface area (Å²) in [5.41, 5.74) is 5.93. The second-order valence-electron chi connectivity index (χ2n) is 2.98. The first kappa shape index (κ1) is 11.8. The molecule has 0 aromatic heterocycles. The molecule has 0 heterocycles.